The molecule has 1 fully saturated rings. The van der Waals surface area contributed by atoms with E-state index >= 15 is 0 Å². The van der Waals surface area contributed by atoms with Gasteiger partial charge in [0.15, 0.2) is 0 Å². The van der Waals surface area contributed by atoms with E-state index in [1.807, 2.05) is 0 Å². The molecule has 1 rings (SSSR count). The highest BCUT2D eigenvalue weighted by molar-refractivity contribution is 14.1. The van der Waals surface area contributed by atoms with Crippen LogP contribution in [0.2, 0.25) is 0 Å². The summed E-state index contributed by atoms with van der Waals surface area (Å²) in [6.45, 7) is 7.19. The van der Waals surface area contributed by atoms with Crippen molar-refractivity contribution in [3.05, 3.63) is 0 Å². The zero-order valence-corrected chi connectivity index (χ0v) is 10.8. The molecule has 0 nitrogen and oxygen atoms in total. The smallest absolute Gasteiger partial charge is 0.00519 e. The van der Waals surface area contributed by atoms with Gasteiger partial charge in [0.1, 0.15) is 0 Å². The van der Waals surface area contributed by atoms with Crippen molar-refractivity contribution < 1.29 is 0 Å². The van der Waals surface area contributed by atoms with Gasteiger partial charge in [-0.2, -0.15) is 0 Å². The molecule has 0 aromatic rings. The molecule has 0 amide bonds. The molecule has 0 heterocycles. The molecule has 0 spiro atoms. The summed E-state index contributed by atoms with van der Waals surface area (Å²) in [6, 6.07) is 0. The Kier molecular flexibility index (Phi) is 3.47. The van der Waals surface area contributed by atoms with E-state index in [0.29, 0.717) is 10.8 Å². The summed E-state index contributed by atoms with van der Waals surface area (Å²) in [7, 11) is 0. The molecule has 1 saturated carbocycles. The van der Waals surface area contributed by atoms with Crippen LogP contribution in [0.25, 0.3) is 0 Å². The minimum absolute atomic E-state index is 0.629. The van der Waals surface area contributed by atoms with Gasteiger partial charge in [0.25, 0.3) is 0 Å². The van der Waals surface area contributed by atoms with Crippen molar-refractivity contribution in [1.29, 1.82) is 0 Å². The Balaban J connectivity index is 2.53. The first-order chi connectivity index (χ1) is 5.54. The zero-order valence-electron chi connectivity index (χ0n) is 8.62. The number of hydrogen-bond acceptors (Lipinski definition) is 0. The first-order valence-electron chi connectivity index (χ1n) is 5.10. The molecule has 0 N–H and O–H groups in total. The largest absolute Gasteiger partial charge is 0.0858 e. The second-order valence-electron chi connectivity index (χ2n) is 5.15. The van der Waals surface area contributed by atoms with Gasteiger partial charge in [0, 0.05) is 4.43 Å². The predicted octanol–water partition coefficient (Wildman–Crippen LogP) is 4.42. The van der Waals surface area contributed by atoms with Crippen LogP contribution in [0.4, 0.5) is 0 Å². The van der Waals surface area contributed by atoms with E-state index in [1.54, 1.807) is 0 Å². The van der Waals surface area contributed by atoms with Crippen LogP contribution in [-0.4, -0.2) is 4.43 Å². The number of rotatable bonds is 2. The van der Waals surface area contributed by atoms with Gasteiger partial charge in [-0.3, -0.25) is 0 Å². The molecule has 0 aromatic heterocycles. The number of halogens is 1. The monoisotopic (exact) mass is 280 g/mol. The molecule has 0 aromatic carbocycles. The van der Waals surface area contributed by atoms with E-state index in [9.17, 15) is 0 Å². The summed E-state index contributed by atoms with van der Waals surface area (Å²) in [4.78, 5) is 0. The van der Waals surface area contributed by atoms with Gasteiger partial charge in [0.05, 0.1) is 0 Å². The minimum atomic E-state index is 0.629. The van der Waals surface area contributed by atoms with Crippen molar-refractivity contribution in [2.45, 2.75) is 52.9 Å². The van der Waals surface area contributed by atoms with E-state index in [-0.39, 0.29) is 0 Å². The normalized spacial score (nSPS) is 27.0. The third-order valence-corrected chi connectivity index (χ3v) is 5.32. The van der Waals surface area contributed by atoms with Crippen molar-refractivity contribution in [2.75, 3.05) is 4.43 Å². The quantitative estimate of drug-likeness (QED) is 0.519. The molecule has 1 heteroatoms. The standard InChI is InChI=1S/C11H21I/c1-4-11(9-12)7-5-10(2,3)6-8-11/h4-9H2,1-3H3. The van der Waals surface area contributed by atoms with Crippen molar-refractivity contribution in [1.82, 2.24) is 0 Å². The van der Waals surface area contributed by atoms with Crippen molar-refractivity contribution in [3.8, 4) is 0 Å². The van der Waals surface area contributed by atoms with E-state index < -0.39 is 0 Å². The molecule has 0 bridgehead atoms. The van der Waals surface area contributed by atoms with Gasteiger partial charge >= 0.3 is 0 Å². The maximum absolute atomic E-state index is 2.57. The van der Waals surface area contributed by atoms with Gasteiger partial charge in [-0.05, 0) is 42.9 Å². The summed E-state index contributed by atoms with van der Waals surface area (Å²) < 4.78 is 1.36. The summed E-state index contributed by atoms with van der Waals surface area (Å²) in [5.74, 6) is 0. The van der Waals surface area contributed by atoms with Gasteiger partial charge in [-0.25, -0.2) is 0 Å². The lowest BCUT2D eigenvalue weighted by Gasteiger charge is -2.42. The van der Waals surface area contributed by atoms with Crippen LogP contribution >= 0.6 is 22.6 Å². The van der Waals surface area contributed by atoms with Crippen LogP contribution in [0, 0.1) is 10.8 Å². The molecule has 1 aliphatic rings. The second-order valence-corrected chi connectivity index (χ2v) is 5.91. The average molecular weight is 280 g/mol. The van der Waals surface area contributed by atoms with Gasteiger partial charge in [-0.1, -0.05) is 43.4 Å². The zero-order chi connectivity index (χ0) is 9.24. The fraction of sp³-hybridized carbons (Fsp3) is 1.00. The Morgan fingerprint density at radius 3 is 1.92 bits per heavy atom. The van der Waals surface area contributed by atoms with E-state index in [4.69, 9.17) is 0 Å². The Morgan fingerprint density at radius 2 is 1.58 bits per heavy atom. The summed E-state index contributed by atoms with van der Waals surface area (Å²) in [6.07, 6.45) is 7.17. The molecular formula is C11H21I. The average Bonchev–Trinajstić information content (AvgIpc) is 2.06. The van der Waals surface area contributed by atoms with Crippen molar-refractivity contribution in [2.24, 2.45) is 10.8 Å². The van der Waals surface area contributed by atoms with Gasteiger partial charge < -0.3 is 0 Å². The number of hydrogen-bond donors (Lipinski definition) is 0. The molecule has 72 valence electrons. The SMILES string of the molecule is CCC1(CI)CCC(C)(C)CC1. The van der Waals surface area contributed by atoms with Gasteiger partial charge in [-0.15, -0.1) is 0 Å². The highest BCUT2D eigenvalue weighted by Gasteiger charge is 2.35. The topological polar surface area (TPSA) is 0 Å². The third-order valence-electron chi connectivity index (χ3n) is 3.70. The number of alkyl halides is 1. The molecule has 0 atom stereocenters. The van der Waals surface area contributed by atoms with Crippen LogP contribution in [0.5, 0.6) is 0 Å². The molecule has 0 aliphatic heterocycles. The summed E-state index contributed by atoms with van der Waals surface area (Å²) >= 11 is 2.57. The van der Waals surface area contributed by atoms with Crippen LogP contribution < -0.4 is 0 Å². The first-order valence-corrected chi connectivity index (χ1v) is 6.62. The first kappa shape index (κ1) is 10.8. The van der Waals surface area contributed by atoms with Crippen LogP contribution in [-0.2, 0) is 0 Å². The third kappa shape index (κ3) is 2.36. The molecule has 0 saturated heterocycles. The van der Waals surface area contributed by atoms with E-state index in [2.05, 4.69) is 43.4 Å². The van der Waals surface area contributed by atoms with Crippen LogP contribution in [0.3, 0.4) is 0 Å². The fourth-order valence-corrected chi connectivity index (χ4v) is 3.34. The Hall–Kier alpha value is 0.730. The maximum atomic E-state index is 2.57. The summed E-state index contributed by atoms with van der Waals surface area (Å²) in [5.41, 5.74) is 1.33. The highest BCUT2D eigenvalue weighted by atomic mass is 127. The Labute approximate surface area is 90.6 Å². The maximum Gasteiger partial charge on any atom is 0.00519 e. The lowest BCUT2D eigenvalue weighted by atomic mass is 9.65. The molecule has 12 heavy (non-hydrogen) atoms. The molecule has 0 radical (unpaired) electrons. The molecular weight excluding hydrogens is 259 g/mol. The van der Waals surface area contributed by atoms with E-state index in [0.717, 1.165) is 0 Å². The Morgan fingerprint density at radius 1 is 1.08 bits per heavy atom. The molecule has 0 unspecified atom stereocenters. The predicted molar refractivity (Wildman–Crippen MR) is 63.9 cm³/mol. The van der Waals surface area contributed by atoms with E-state index in [1.165, 1.54) is 36.5 Å². The fourth-order valence-electron chi connectivity index (χ4n) is 2.04. The second kappa shape index (κ2) is 3.85. The molecule has 1 aliphatic carbocycles. The lowest BCUT2D eigenvalue weighted by molar-refractivity contribution is 0.120. The lowest BCUT2D eigenvalue weighted by Crippen LogP contribution is -2.31. The summed E-state index contributed by atoms with van der Waals surface area (Å²) in [5, 5.41) is 0. The Bertz CT molecular complexity index is 133. The van der Waals surface area contributed by atoms with Crippen LogP contribution in [0.1, 0.15) is 52.9 Å². The van der Waals surface area contributed by atoms with Crippen molar-refractivity contribution in [3.63, 3.8) is 0 Å². The van der Waals surface area contributed by atoms with Crippen LogP contribution in [0.15, 0.2) is 0 Å². The highest BCUT2D eigenvalue weighted by Crippen LogP contribution is 2.47. The van der Waals surface area contributed by atoms with Gasteiger partial charge in [0.2, 0.25) is 0 Å². The van der Waals surface area contributed by atoms with Crippen molar-refractivity contribution >= 4 is 22.6 Å². The minimum Gasteiger partial charge on any atom is -0.0858 e.